The average Bonchev–Trinajstić information content (AvgIpc) is 3.51. The third-order valence-corrected chi connectivity index (χ3v) is 12.4. The first-order chi connectivity index (χ1) is 25.2. The largest absolute Gasteiger partial charge is 0.505 e. The predicted molar refractivity (Wildman–Crippen MR) is 184 cm³/mol. The average molecular weight is 772 g/mol. The van der Waals surface area contributed by atoms with Crippen LogP contribution in [0.25, 0.3) is 0 Å². The van der Waals surface area contributed by atoms with E-state index in [0.717, 1.165) is 31.4 Å². The minimum Gasteiger partial charge on any atom is -0.505 e. The van der Waals surface area contributed by atoms with Crippen molar-refractivity contribution in [3.05, 3.63) is 98.9 Å². The van der Waals surface area contributed by atoms with Crippen molar-refractivity contribution >= 4 is 52.6 Å². The van der Waals surface area contributed by atoms with Crippen molar-refractivity contribution in [1.82, 2.24) is 14.9 Å². The molecular weight excluding hydrogens is 739 g/mol. The second kappa shape index (κ2) is 12.8. The van der Waals surface area contributed by atoms with Crippen molar-refractivity contribution in [3.63, 3.8) is 0 Å². The highest BCUT2D eigenvalue weighted by atomic mass is 35.5. The van der Waals surface area contributed by atoms with E-state index in [4.69, 9.17) is 23.2 Å². The van der Waals surface area contributed by atoms with Gasteiger partial charge < -0.3 is 5.11 Å². The Kier molecular flexibility index (Phi) is 8.60. The van der Waals surface area contributed by atoms with Crippen LogP contribution in [0.3, 0.4) is 0 Å². The van der Waals surface area contributed by atoms with Gasteiger partial charge in [-0.3, -0.25) is 29.5 Å². The van der Waals surface area contributed by atoms with Crippen LogP contribution in [-0.2, 0) is 30.8 Å². The zero-order valence-corrected chi connectivity index (χ0v) is 29.4. The lowest BCUT2D eigenvalue weighted by molar-refractivity contribution is -0.144. The number of anilines is 1. The first-order valence-corrected chi connectivity index (χ1v) is 18.2. The number of aromatic nitrogens is 1. The molecule has 2 saturated heterocycles. The molecule has 6 unspecified atom stereocenters. The third-order valence-electron chi connectivity index (χ3n) is 11.8. The molecule has 0 radical (unpaired) electrons. The molecule has 6 atom stereocenters. The van der Waals surface area contributed by atoms with Gasteiger partial charge in [-0.15, -0.1) is 0 Å². The lowest BCUT2D eigenvalue weighted by Gasteiger charge is -2.50. The molecule has 3 aromatic rings. The molecule has 5 aliphatic rings. The van der Waals surface area contributed by atoms with Crippen LogP contribution in [0.2, 0.25) is 10.0 Å². The van der Waals surface area contributed by atoms with E-state index in [1.54, 1.807) is 12.1 Å². The number of rotatable bonds is 5. The van der Waals surface area contributed by atoms with Crippen molar-refractivity contribution in [2.45, 2.75) is 68.5 Å². The Balaban J connectivity index is 1.30. The Morgan fingerprint density at radius 3 is 2.28 bits per heavy atom. The number of halogens is 6. The van der Waals surface area contributed by atoms with E-state index < -0.39 is 81.0 Å². The zero-order valence-electron chi connectivity index (χ0n) is 27.9. The maximum Gasteiger partial charge on any atom is 0.417 e. The summed E-state index contributed by atoms with van der Waals surface area (Å²) in [6.45, 7) is 0. The molecule has 1 aromatic heterocycles. The number of hydrazine groups is 1. The number of amides is 4. The normalized spacial score (nSPS) is 28.9. The summed E-state index contributed by atoms with van der Waals surface area (Å²) in [6.07, 6.45) is 1.91. The lowest BCUT2D eigenvalue weighted by atomic mass is 9.49. The maximum absolute atomic E-state index is 15.3. The minimum absolute atomic E-state index is 0.0544. The predicted octanol–water partition coefficient (Wildman–Crippen LogP) is 7.57. The summed E-state index contributed by atoms with van der Waals surface area (Å²) < 4.78 is 55.6. The van der Waals surface area contributed by atoms with Gasteiger partial charge in [0.15, 0.2) is 17.4 Å². The van der Waals surface area contributed by atoms with E-state index in [-0.39, 0.29) is 36.3 Å². The van der Waals surface area contributed by atoms with Crippen LogP contribution in [0, 0.1) is 29.5 Å². The van der Waals surface area contributed by atoms with E-state index in [9.17, 15) is 32.7 Å². The SMILES string of the molecule is O=C1C2CC3C(=CCC4C(=O)N(C5CCCCC5)C(=O)C43)C(c3ccc(O)c(F)c3)C2(c2ccc(Cl)cc2)C(=O)N1Nc1ncc(C(F)(F)F)cc1Cl. The topological polar surface area (TPSA) is 120 Å². The number of hydrogen-bond donors (Lipinski definition) is 2. The number of phenols is 1. The van der Waals surface area contributed by atoms with Gasteiger partial charge in [0, 0.05) is 23.2 Å². The van der Waals surface area contributed by atoms with Gasteiger partial charge in [-0.1, -0.05) is 72.3 Å². The van der Waals surface area contributed by atoms with Crippen LogP contribution in [0.4, 0.5) is 23.4 Å². The fraction of sp³-hybridized carbons (Fsp3) is 0.395. The molecule has 276 valence electrons. The Labute approximate surface area is 310 Å². The number of carbonyl (C=O) groups excluding carboxylic acids is 4. The highest BCUT2D eigenvalue weighted by Crippen LogP contribution is 2.64. The number of nitrogens with one attached hydrogen (secondary N) is 1. The smallest absolute Gasteiger partial charge is 0.417 e. The van der Waals surface area contributed by atoms with Gasteiger partial charge >= 0.3 is 6.18 Å². The van der Waals surface area contributed by atoms with Gasteiger partial charge in [0.25, 0.3) is 11.8 Å². The molecule has 4 amide bonds. The highest BCUT2D eigenvalue weighted by Gasteiger charge is 2.70. The van der Waals surface area contributed by atoms with Gasteiger partial charge in [-0.05, 0) is 73.1 Å². The van der Waals surface area contributed by atoms with E-state index >= 15 is 9.18 Å². The van der Waals surface area contributed by atoms with Crippen molar-refractivity contribution < 1.29 is 41.8 Å². The zero-order chi connectivity index (χ0) is 37.6. The number of benzene rings is 2. The number of aromatic hydroxyl groups is 1. The molecule has 15 heteroatoms. The summed E-state index contributed by atoms with van der Waals surface area (Å²) in [4.78, 5) is 63.4. The second-order valence-electron chi connectivity index (χ2n) is 14.5. The molecular formula is C38H32Cl2F4N4O5. The number of pyridine rings is 1. The molecule has 53 heavy (non-hydrogen) atoms. The van der Waals surface area contributed by atoms with Crippen LogP contribution < -0.4 is 5.43 Å². The summed E-state index contributed by atoms with van der Waals surface area (Å²) in [5.41, 5.74) is 0.740. The Bertz CT molecular complexity index is 2090. The van der Waals surface area contributed by atoms with Crippen LogP contribution in [0.15, 0.2) is 66.4 Å². The standard InChI is InChI=1S/C38H32Cl2F4N4O5/c39-21-9-7-19(8-10-21)37-26(34(51)48(36(37)53)46-32-27(40)15-20(17-45-32)38(42,43)44)16-25-23(31(37)18-6-13-29(49)28(41)14-18)11-12-24-30(25)35(52)47(33(24)50)22-4-2-1-3-5-22/h6-11,13-15,17,22,24-26,30-31,49H,1-5,12,16H2,(H,45,46). The molecule has 2 aliphatic heterocycles. The first-order valence-electron chi connectivity index (χ1n) is 17.4. The number of imide groups is 2. The Hall–Kier alpha value is -4.49. The molecule has 0 spiro atoms. The van der Waals surface area contributed by atoms with Crippen molar-refractivity contribution in [1.29, 1.82) is 0 Å². The monoisotopic (exact) mass is 770 g/mol. The van der Waals surface area contributed by atoms with Crippen LogP contribution in [-0.4, -0.2) is 49.7 Å². The van der Waals surface area contributed by atoms with E-state index in [1.165, 1.54) is 23.1 Å². The maximum atomic E-state index is 15.3. The minimum atomic E-state index is -4.76. The van der Waals surface area contributed by atoms with Gasteiger partial charge in [-0.2, -0.15) is 18.2 Å². The summed E-state index contributed by atoms with van der Waals surface area (Å²) >= 11 is 12.5. The molecule has 2 N–H and O–H groups in total. The number of phenolic OH excluding ortho intramolecular Hbond substituents is 1. The quantitative estimate of drug-likeness (QED) is 0.156. The van der Waals surface area contributed by atoms with Crippen LogP contribution in [0.5, 0.6) is 5.75 Å². The first kappa shape index (κ1) is 35.5. The highest BCUT2D eigenvalue weighted by molar-refractivity contribution is 6.33. The molecule has 2 aromatic carbocycles. The van der Waals surface area contributed by atoms with Crippen molar-refractivity contribution in [2.75, 3.05) is 5.43 Å². The Morgan fingerprint density at radius 2 is 1.62 bits per heavy atom. The fourth-order valence-electron chi connectivity index (χ4n) is 9.58. The molecule has 3 heterocycles. The summed E-state index contributed by atoms with van der Waals surface area (Å²) in [7, 11) is 0. The molecule has 9 nitrogen and oxygen atoms in total. The molecule has 2 saturated carbocycles. The number of fused-ring (bicyclic) bond motifs is 4. The van der Waals surface area contributed by atoms with E-state index in [2.05, 4.69) is 10.4 Å². The number of alkyl halides is 3. The van der Waals surface area contributed by atoms with Crippen LogP contribution in [0.1, 0.15) is 67.6 Å². The summed E-state index contributed by atoms with van der Waals surface area (Å²) in [6, 6.07) is 10.3. The van der Waals surface area contributed by atoms with E-state index in [0.29, 0.717) is 46.3 Å². The third kappa shape index (κ3) is 5.44. The van der Waals surface area contributed by atoms with Gasteiger partial charge in [-0.25, -0.2) is 9.37 Å². The van der Waals surface area contributed by atoms with E-state index in [1.807, 2.05) is 6.08 Å². The fourth-order valence-corrected chi connectivity index (χ4v) is 9.92. The van der Waals surface area contributed by atoms with Gasteiger partial charge in [0.05, 0.1) is 33.8 Å². The number of allylic oxidation sites excluding steroid dienone is 2. The molecule has 4 fully saturated rings. The second-order valence-corrected chi connectivity index (χ2v) is 15.3. The van der Waals surface area contributed by atoms with Gasteiger partial charge in [0.1, 0.15) is 0 Å². The summed E-state index contributed by atoms with van der Waals surface area (Å²) in [5.74, 6) is -8.79. The van der Waals surface area contributed by atoms with Crippen molar-refractivity contribution in [2.24, 2.45) is 23.7 Å². The molecule has 8 rings (SSSR count). The molecule has 3 aliphatic carbocycles. The lowest BCUT2D eigenvalue weighted by Crippen LogP contribution is -2.53. The number of nitrogens with zero attached hydrogens (tertiary/aromatic N) is 3. The number of carbonyl (C=O) groups is 4. The molecule has 0 bridgehead atoms. The number of hydrogen-bond acceptors (Lipinski definition) is 7. The number of likely N-dealkylation sites (tertiary alicyclic amines) is 1. The van der Waals surface area contributed by atoms with Crippen LogP contribution >= 0.6 is 23.2 Å². The summed E-state index contributed by atoms with van der Waals surface area (Å²) in [5, 5.41) is 10.7. The van der Waals surface area contributed by atoms with Crippen molar-refractivity contribution in [3.8, 4) is 5.75 Å². The Morgan fingerprint density at radius 1 is 0.906 bits per heavy atom. The van der Waals surface area contributed by atoms with Gasteiger partial charge in [0.2, 0.25) is 11.8 Å².